The Morgan fingerprint density at radius 3 is 2.21 bits per heavy atom. The molecule has 1 aliphatic rings. The number of nitrogens with one attached hydrogen (secondary N) is 1. The second-order valence-electron chi connectivity index (χ2n) is 6.47. The molecule has 1 unspecified atom stereocenters. The first-order valence-electron chi connectivity index (χ1n) is 8.90. The summed E-state index contributed by atoms with van der Waals surface area (Å²) in [4.78, 5) is 25.7. The molecule has 4 rings (SSSR count). The highest BCUT2D eigenvalue weighted by molar-refractivity contribution is 6.28. The number of anilines is 1. The number of carbonyl (C=O) groups is 2. The number of hydrogen-bond donors (Lipinski definition) is 1. The molecule has 0 saturated heterocycles. The van der Waals surface area contributed by atoms with Crippen molar-refractivity contribution >= 4 is 34.0 Å². The van der Waals surface area contributed by atoms with Crippen molar-refractivity contribution in [3.05, 3.63) is 83.4 Å². The number of methoxy groups -OCH3 is 2. The van der Waals surface area contributed by atoms with Crippen LogP contribution in [0.15, 0.2) is 72.3 Å². The van der Waals surface area contributed by atoms with E-state index in [1.165, 1.54) is 14.2 Å². The van der Waals surface area contributed by atoms with Gasteiger partial charge in [-0.3, -0.25) is 0 Å². The molecule has 0 radical (unpaired) electrons. The lowest BCUT2D eigenvalue weighted by atomic mass is 9.84. The lowest BCUT2D eigenvalue weighted by molar-refractivity contribution is -0.138. The minimum Gasteiger partial charge on any atom is -0.466 e. The number of esters is 2. The van der Waals surface area contributed by atoms with Crippen LogP contribution in [-0.4, -0.2) is 26.2 Å². The van der Waals surface area contributed by atoms with Crippen LogP contribution in [0.25, 0.3) is 16.3 Å². The van der Waals surface area contributed by atoms with Crippen molar-refractivity contribution in [1.29, 1.82) is 0 Å². The van der Waals surface area contributed by atoms with Crippen LogP contribution in [0.5, 0.6) is 0 Å². The first-order chi connectivity index (χ1) is 13.7. The lowest BCUT2D eigenvalue weighted by Crippen LogP contribution is -2.28. The summed E-state index contributed by atoms with van der Waals surface area (Å²) in [5.74, 6) is -1.14. The monoisotopic (exact) mass is 373 g/mol. The number of carbonyl (C=O) groups excluding carboxylic acids is 2. The topological polar surface area (TPSA) is 64.6 Å². The summed E-state index contributed by atoms with van der Waals surface area (Å²) < 4.78 is 10.1. The molecule has 0 spiro atoms. The first kappa shape index (κ1) is 17.8. The Bertz CT molecular complexity index is 1100. The summed E-state index contributed by atoms with van der Waals surface area (Å²) >= 11 is 0. The molecular formula is C23H19NO4. The molecule has 0 aliphatic carbocycles. The average Bonchev–Trinajstić information content (AvgIpc) is 2.77. The van der Waals surface area contributed by atoms with Crippen molar-refractivity contribution in [2.75, 3.05) is 19.5 Å². The zero-order valence-electron chi connectivity index (χ0n) is 15.6. The van der Waals surface area contributed by atoms with E-state index in [0.717, 1.165) is 22.0 Å². The van der Waals surface area contributed by atoms with Crippen LogP contribution < -0.4 is 5.32 Å². The van der Waals surface area contributed by atoms with Crippen LogP contribution in [-0.2, 0) is 19.1 Å². The molecule has 5 heteroatoms. The summed E-state index contributed by atoms with van der Waals surface area (Å²) in [6.07, 6.45) is 0. The van der Waals surface area contributed by atoms with Crippen LogP contribution in [0.4, 0.5) is 5.69 Å². The zero-order chi connectivity index (χ0) is 19.7. The van der Waals surface area contributed by atoms with Crippen molar-refractivity contribution in [2.24, 2.45) is 0 Å². The van der Waals surface area contributed by atoms with Gasteiger partial charge in [0.25, 0.3) is 0 Å². The van der Waals surface area contributed by atoms with E-state index in [2.05, 4.69) is 5.32 Å². The van der Waals surface area contributed by atoms with Gasteiger partial charge < -0.3 is 14.8 Å². The molecule has 1 N–H and O–H groups in total. The molecule has 1 atom stereocenters. The third-order valence-corrected chi connectivity index (χ3v) is 4.96. The van der Waals surface area contributed by atoms with Gasteiger partial charge in [0.2, 0.25) is 0 Å². The van der Waals surface area contributed by atoms with Crippen molar-refractivity contribution in [1.82, 2.24) is 0 Å². The van der Waals surface area contributed by atoms with Gasteiger partial charge in [0.1, 0.15) is 0 Å². The van der Waals surface area contributed by atoms with E-state index in [-0.39, 0.29) is 11.1 Å². The molecule has 0 amide bonds. The van der Waals surface area contributed by atoms with E-state index in [1.54, 1.807) is 0 Å². The molecule has 0 bridgehead atoms. The first-order valence-corrected chi connectivity index (χ1v) is 8.90. The molecule has 3 aromatic rings. The fourth-order valence-electron chi connectivity index (χ4n) is 3.71. The van der Waals surface area contributed by atoms with Gasteiger partial charge in [-0.05, 0) is 22.4 Å². The van der Waals surface area contributed by atoms with Gasteiger partial charge in [-0.2, -0.15) is 0 Å². The van der Waals surface area contributed by atoms with Gasteiger partial charge in [0, 0.05) is 11.3 Å². The quantitative estimate of drug-likeness (QED) is 0.700. The van der Waals surface area contributed by atoms with Crippen molar-refractivity contribution in [3.63, 3.8) is 0 Å². The van der Waals surface area contributed by atoms with Gasteiger partial charge in [0.05, 0.1) is 31.4 Å². The Hall–Kier alpha value is -3.60. The number of ether oxygens (including phenoxy) is 2. The van der Waals surface area contributed by atoms with E-state index in [4.69, 9.17) is 9.47 Å². The predicted octanol–water partition coefficient (Wildman–Crippen LogP) is 4.11. The number of fused-ring (bicyclic) bond motifs is 3. The Morgan fingerprint density at radius 1 is 0.821 bits per heavy atom. The summed E-state index contributed by atoms with van der Waals surface area (Å²) in [6, 6.07) is 20.6. The van der Waals surface area contributed by atoms with Gasteiger partial charge >= 0.3 is 11.9 Å². The summed E-state index contributed by atoms with van der Waals surface area (Å²) in [7, 11) is 2.62. The fraction of sp³-hybridized carbons (Fsp3) is 0.130. The zero-order valence-corrected chi connectivity index (χ0v) is 15.6. The highest BCUT2D eigenvalue weighted by Crippen LogP contribution is 2.44. The maximum Gasteiger partial charge on any atom is 0.339 e. The van der Waals surface area contributed by atoms with Crippen LogP contribution in [0.2, 0.25) is 0 Å². The van der Waals surface area contributed by atoms with Gasteiger partial charge in [-0.25, -0.2) is 9.59 Å². The molecule has 1 aliphatic heterocycles. The molecule has 0 aromatic heterocycles. The standard InChI is InChI=1S/C23H19NO4/c1-27-22(25)19-18-16-11-7-6-8-14(16)12-13-17(18)24-21(20(19)23(26)28-2)15-9-4-3-5-10-15/h3-13,21,24H,1-2H3. The summed E-state index contributed by atoms with van der Waals surface area (Å²) in [5, 5.41) is 5.24. The molecule has 5 nitrogen and oxygen atoms in total. The van der Waals surface area contributed by atoms with E-state index in [1.807, 2.05) is 66.7 Å². The Balaban J connectivity index is 2.08. The third kappa shape index (κ3) is 2.81. The maximum absolute atomic E-state index is 12.9. The molecule has 28 heavy (non-hydrogen) atoms. The lowest BCUT2D eigenvalue weighted by Gasteiger charge is -2.31. The molecular weight excluding hydrogens is 354 g/mol. The second kappa shape index (κ2) is 7.19. The highest BCUT2D eigenvalue weighted by atomic mass is 16.5. The molecule has 140 valence electrons. The molecule has 1 heterocycles. The normalized spacial score (nSPS) is 15.6. The predicted molar refractivity (Wildman–Crippen MR) is 108 cm³/mol. The Kier molecular flexibility index (Phi) is 4.57. The summed E-state index contributed by atoms with van der Waals surface area (Å²) in [6.45, 7) is 0. The smallest absolute Gasteiger partial charge is 0.339 e. The number of benzene rings is 3. The van der Waals surface area contributed by atoms with E-state index >= 15 is 0 Å². The van der Waals surface area contributed by atoms with Crippen LogP contribution in [0.1, 0.15) is 17.2 Å². The molecule has 3 aromatic carbocycles. The fourth-order valence-corrected chi connectivity index (χ4v) is 3.71. The number of hydrogen-bond acceptors (Lipinski definition) is 5. The van der Waals surface area contributed by atoms with Crippen molar-refractivity contribution in [2.45, 2.75) is 6.04 Å². The van der Waals surface area contributed by atoms with Crippen LogP contribution >= 0.6 is 0 Å². The average molecular weight is 373 g/mol. The van der Waals surface area contributed by atoms with E-state index in [0.29, 0.717) is 5.56 Å². The van der Waals surface area contributed by atoms with Crippen LogP contribution in [0, 0.1) is 0 Å². The number of rotatable bonds is 3. The second-order valence-corrected chi connectivity index (χ2v) is 6.47. The summed E-state index contributed by atoms with van der Waals surface area (Å²) in [5.41, 5.74) is 2.74. The maximum atomic E-state index is 12.9. The highest BCUT2D eigenvalue weighted by Gasteiger charge is 2.37. The van der Waals surface area contributed by atoms with E-state index < -0.39 is 18.0 Å². The third-order valence-electron chi connectivity index (χ3n) is 4.96. The van der Waals surface area contributed by atoms with Gasteiger partial charge in [-0.1, -0.05) is 60.7 Å². The van der Waals surface area contributed by atoms with Crippen molar-refractivity contribution in [3.8, 4) is 0 Å². The SMILES string of the molecule is COC(=O)C1=C(C(=O)OC)C(c2ccccc2)Nc2ccc3ccccc3c21. The minimum atomic E-state index is -0.569. The Morgan fingerprint density at radius 2 is 1.50 bits per heavy atom. The Labute approximate surface area is 162 Å². The van der Waals surface area contributed by atoms with E-state index in [9.17, 15) is 9.59 Å². The van der Waals surface area contributed by atoms with Gasteiger partial charge in [0.15, 0.2) is 0 Å². The largest absolute Gasteiger partial charge is 0.466 e. The van der Waals surface area contributed by atoms with Crippen LogP contribution in [0.3, 0.4) is 0 Å². The van der Waals surface area contributed by atoms with Crippen molar-refractivity contribution < 1.29 is 19.1 Å². The molecule has 0 saturated carbocycles. The minimum absolute atomic E-state index is 0.230. The molecule has 0 fully saturated rings. The van der Waals surface area contributed by atoms with Gasteiger partial charge in [-0.15, -0.1) is 0 Å².